The summed E-state index contributed by atoms with van der Waals surface area (Å²) >= 11 is 0. The van der Waals surface area contributed by atoms with Crippen LogP contribution in [-0.4, -0.2) is 14.5 Å². The van der Waals surface area contributed by atoms with Crippen LogP contribution in [0.5, 0.6) is 0 Å². The monoisotopic (exact) mass is 247 g/mol. The van der Waals surface area contributed by atoms with E-state index in [-0.39, 0.29) is 0 Å². The minimum Gasteiger partial charge on any atom is -0.349 e. The van der Waals surface area contributed by atoms with Gasteiger partial charge in [0.25, 0.3) is 0 Å². The second-order valence-corrected chi connectivity index (χ2v) is 4.91. The van der Waals surface area contributed by atoms with Gasteiger partial charge < -0.3 is 4.57 Å². The average molecular weight is 247 g/mol. The summed E-state index contributed by atoms with van der Waals surface area (Å²) in [5, 5.41) is 1.19. The number of aromatic nitrogens is 3. The van der Waals surface area contributed by atoms with E-state index in [0.717, 1.165) is 17.0 Å². The number of aryl methyl sites for hydroxylation is 1. The Balaban J connectivity index is 0.000000771. The SMILES string of the molecule is CC.Cc1nc(C(C)C)c2cn(C(C)C)cc2n1. The Labute approximate surface area is 110 Å². The van der Waals surface area contributed by atoms with E-state index in [1.54, 1.807) is 0 Å². The van der Waals surface area contributed by atoms with Crippen molar-refractivity contribution in [3.05, 3.63) is 23.9 Å². The van der Waals surface area contributed by atoms with Gasteiger partial charge in [-0.25, -0.2) is 9.97 Å². The molecule has 3 heteroatoms. The predicted molar refractivity (Wildman–Crippen MR) is 78.1 cm³/mol. The third-order valence-electron chi connectivity index (χ3n) is 2.81. The fourth-order valence-corrected chi connectivity index (χ4v) is 1.92. The van der Waals surface area contributed by atoms with Gasteiger partial charge in [-0.05, 0) is 26.7 Å². The van der Waals surface area contributed by atoms with Crippen LogP contribution >= 0.6 is 0 Å². The quantitative estimate of drug-likeness (QED) is 0.784. The van der Waals surface area contributed by atoms with Crippen molar-refractivity contribution in [2.24, 2.45) is 0 Å². The molecule has 0 radical (unpaired) electrons. The van der Waals surface area contributed by atoms with Crippen molar-refractivity contribution in [2.75, 3.05) is 0 Å². The highest BCUT2D eigenvalue weighted by molar-refractivity contribution is 5.81. The van der Waals surface area contributed by atoms with Crippen LogP contribution in [0.15, 0.2) is 12.4 Å². The Morgan fingerprint density at radius 1 is 1.00 bits per heavy atom. The largest absolute Gasteiger partial charge is 0.349 e. The lowest BCUT2D eigenvalue weighted by Crippen LogP contribution is -1.97. The summed E-state index contributed by atoms with van der Waals surface area (Å²) in [5.74, 6) is 1.30. The molecule has 2 heterocycles. The number of rotatable bonds is 2. The molecule has 2 rings (SSSR count). The maximum absolute atomic E-state index is 4.55. The van der Waals surface area contributed by atoms with Crippen LogP contribution in [0.1, 0.15) is 65.0 Å². The molecule has 18 heavy (non-hydrogen) atoms. The highest BCUT2D eigenvalue weighted by atomic mass is 15.0. The van der Waals surface area contributed by atoms with Crippen molar-refractivity contribution in [1.82, 2.24) is 14.5 Å². The van der Waals surface area contributed by atoms with Gasteiger partial charge in [0.05, 0.1) is 11.2 Å². The fourth-order valence-electron chi connectivity index (χ4n) is 1.92. The Hall–Kier alpha value is -1.38. The van der Waals surface area contributed by atoms with Gasteiger partial charge in [-0.15, -0.1) is 0 Å². The summed E-state index contributed by atoms with van der Waals surface area (Å²) in [7, 11) is 0. The minimum absolute atomic E-state index is 0.437. The molecule has 0 saturated heterocycles. The molecule has 0 bridgehead atoms. The lowest BCUT2D eigenvalue weighted by molar-refractivity contribution is 0.605. The van der Waals surface area contributed by atoms with Crippen molar-refractivity contribution < 1.29 is 0 Å². The molecule has 0 aliphatic carbocycles. The standard InChI is InChI=1S/C13H19N3.C2H6/c1-8(2)13-11-6-16(9(3)4)7-12(11)14-10(5)15-13;1-2/h6-9H,1-5H3;1-2H3. The lowest BCUT2D eigenvalue weighted by Gasteiger charge is -2.06. The molecular formula is C15H25N3. The Bertz CT molecular complexity index is 510. The Morgan fingerprint density at radius 2 is 1.61 bits per heavy atom. The zero-order valence-electron chi connectivity index (χ0n) is 12.7. The molecule has 0 fully saturated rings. The Kier molecular flexibility index (Phi) is 4.88. The second kappa shape index (κ2) is 5.98. The van der Waals surface area contributed by atoms with Crippen LogP contribution < -0.4 is 0 Å². The van der Waals surface area contributed by atoms with Crippen LogP contribution in [0.4, 0.5) is 0 Å². The molecule has 3 nitrogen and oxygen atoms in total. The zero-order valence-corrected chi connectivity index (χ0v) is 12.7. The molecule has 0 atom stereocenters. The predicted octanol–water partition coefficient (Wildman–Crippen LogP) is 4.47. The third kappa shape index (κ3) is 2.89. The highest BCUT2D eigenvalue weighted by Gasteiger charge is 2.12. The van der Waals surface area contributed by atoms with Crippen molar-refractivity contribution in [3.8, 4) is 0 Å². The van der Waals surface area contributed by atoms with Crippen LogP contribution in [0.25, 0.3) is 10.9 Å². The van der Waals surface area contributed by atoms with Gasteiger partial charge in [-0.2, -0.15) is 0 Å². The average Bonchev–Trinajstić information content (AvgIpc) is 2.74. The van der Waals surface area contributed by atoms with E-state index in [0.29, 0.717) is 12.0 Å². The van der Waals surface area contributed by atoms with Gasteiger partial charge in [0, 0.05) is 23.8 Å². The molecule has 0 unspecified atom stereocenters. The molecular weight excluding hydrogens is 222 g/mol. The van der Waals surface area contributed by atoms with E-state index in [1.165, 1.54) is 5.39 Å². The van der Waals surface area contributed by atoms with Crippen molar-refractivity contribution in [2.45, 2.75) is 60.4 Å². The maximum Gasteiger partial charge on any atom is 0.126 e. The summed E-state index contributed by atoms with van der Waals surface area (Å²) in [6.45, 7) is 14.7. The molecule has 0 spiro atoms. The highest BCUT2D eigenvalue weighted by Crippen LogP contribution is 2.24. The smallest absolute Gasteiger partial charge is 0.126 e. The third-order valence-corrected chi connectivity index (χ3v) is 2.81. The van der Waals surface area contributed by atoms with Crippen LogP contribution in [0.2, 0.25) is 0 Å². The van der Waals surface area contributed by atoms with E-state index in [1.807, 2.05) is 20.8 Å². The maximum atomic E-state index is 4.55. The number of hydrogen-bond donors (Lipinski definition) is 0. The number of nitrogens with zero attached hydrogens (tertiary/aromatic N) is 3. The molecule has 0 saturated carbocycles. The fraction of sp³-hybridized carbons (Fsp3) is 0.600. The van der Waals surface area contributed by atoms with E-state index >= 15 is 0 Å². The van der Waals surface area contributed by atoms with Crippen LogP contribution in [-0.2, 0) is 0 Å². The first-order valence-corrected chi connectivity index (χ1v) is 6.84. The van der Waals surface area contributed by atoms with Gasteiger partial charge in [-0.1, -0.05) is 27.7 Å². The normalized spacial score (nSPS) is 10.9. The molecule has 0 N–H and O–H groups in total. The molecule has 0 aromatic carbocycles. The summed E-state index contributed by atoms with van der Waals surface area (Å²) in [6, 6.07) is 0.467. The van der Waals surface area contributed by atoms with Gasteiger partial charge >= 0.3 is 0 Å². The summed E-state index contributed by atoms with van der Waals surface area (Å²) in [4.78, 5) is 9.04. The lowest BCUT2D eigenvalue weighted by atomic mass is 10.1. The second-order valence-electron chi connectivity index (χ2n) is 4.91. The molecule has 2 aromatic heterocycles. The topological polar surface area (TPSA) is 30.7 Å². The number of fused-ring (bicyclic) bond motifs is 1. The molecule has 0 aliphatic rings. The van der Waals surface area contributed by atoms with Crippen molar-refractivity contribution in [1.29, 1.82) is 0 Å². The molecule has 100 valence electrons. The minimum atomic E-state index is 0.437. The Morgan fingerprint density at radius 3 is 2.11 bits per heavy atom. The zero-order chi connectivity index (χ0) is 13.9. The van der Waals surface area contributed by atoms with E-state index < -0.39 is 0 Å². The first kappa shape index (κ1) is 14.7. The number of hydrogen-bond acceptors (Lipinski definition) is 2. The summed E-state index contributed by atoms with van der Waals surface area (Å²) in [6.07, 6.45) is 4.27. The first-order valence-electron chi connectivity index (χ1n) is 6.84. The van der Waals surface area contributed by atoms with Gasteiger partial charge in [-0.3, -0.25) is 0 Å². The molecule has 0 aliphatic heterocycles. The van der Waals surface area contributed by atoms with Gasteiger partial charge in [0.1, 0.15) is 5.82 Å². The summed E-state index contributed by atoms with van der Waals surface area (Å²) < 4.78 is 2.20. The van der Waals surface area contributed by atoms with Crippen molar-refractivity contribution in [3.63, 3.8) is 0 Å². The van der Waals surface area contributed by atoms with E-state index in [4.69, 9.17) is 0 Å². The van der Waals surface area contributed by atoms with Crippen LogP contribution in [0.3, 0.4) is 0 Å². The van der Waals surface area contributed by atoms with Crippen molar-refractivity contribution >= 4 is 10.9 Å². The summed E-state index contributed by atoms with van der Waals surface area (Å²) in [5.41, 5.74) is 2.21. The first-order chi connectivity index (χ1) is 8.49. The van der Waals surface area contributed by atoms with E-state index in [9.17, 15) is 0 Å². The van der Waals surface area contributed by atoms with Crippen LogP contribution in [0, 0.1) is 6.92 Å². The van der Waals surface area contributed by atoms with Gasteiger partial charge in [0.2, 0.25) is 0 Å². The van der Waals surface area contributed by atoms with Gasteiger partial charge in [0.15, 0.2) is 0 Å². The molecule has 2 aromatic rings. The molecule has 0 amide bonds. The van der Waals surface area contributed by atoms with E-state index in [2.05, 4.69) is 54.6 Å².